The third-order valence-electron chi connectivity index (χ3n) is 2.83. The van der Waals surface area contributed by atoms with Crippen LogP contribution in [0.5, 0.6) is 0 Å². The summed E-state index contributed by atoms with van der Waals surface area (Å²) in [5.41, 5.74) is 0. The molecule has 0 bridgehead atoms. The van der Waals surface area contributed by atoms with Crippen LogP contribution in [0, 0.1) is 0 Å². The number of ether oxygens (including phenoxy) is 1. The maximum Gasteiger partial charge on any atom is 0.191 e. The molecule has 0 aromatic carbocycles. The normalized spacial score (nSPS) is 12.6. The van der Waals surface area contributed by atoms with Crippen LogP contribution in [-0.4, -0.2) is 50.3 Å². The van der Waals surface area contributed by atoms with Crippen molar-refractivity contribution >= 4 is 17.7 Å². The van der Waals surface area contributed by atoms with Gasteiger partial charge in [-0.3, -0.25) is 4.99 Å². The fourth-order valence-electron chi connectivity index (χ4n) is 1.43. The lowest BCUT2D eigenvalue weighted by atomic mass is 10.2. The van der Waals surface area contributed by atoms with E-state index in [2.05, 4.69) is 42.7 Å². The van der Waals surface area contributed by atoms with Crippen molar-refractivity contribution in [1.82, 2.24) is 10.6 Å². The lowest BCUT2D eigenvalue weighted by molar-refractivity contribution is 0.192. The number of guanidine groups is 1. The smallest absolute Gasteiger partial charge is 0.191 e. The molecule has 0 saturated heterocycles. The van der Waals surface area contributed by atoms with E-state index in [1.54, 1.807) is 7.11 Å². The molecule has 0 spiro atoms. The molecule has 0 rings (SSSR count). The van der Waals surface area contributed by atoms with Gasteiger partial charge in [-0.15, -0.1) is 0 Å². The molecule has 0 radical (unpaired) electrons. The third-order valence-corrected chi connectivity index (χ3v) is 4.07. The molecule has 0 fully saturated rings. The number of hydrogen-bond donors (Lipinski definition) is 2. The summed E-state index contributed by atoms with van der Waals surface area (Å²) in [6.45, 7) is 10.1. The highest BCUT2D eigenvalue weighted by atomic mass is 32.2. The molecule has 5 heteroatoms. The predicted molar refractivity (Wildman–Crippen MR) is 87.3 cm³/mol. The lowest BCUT2D eigenvalue weighted by Crippen LogP contribution is -2.38. The highest BCUT2D eigenvalue weighted by molar-refractivity contribution is 7.99. The molecule has 0 heterocycles. The van der Waals surface area contributed by atoms with E-state index < -0.39 is 0 Å². The van der Waals surface area contributed by atoms with Crippen LogP contribution in [-0.2, 0) is 4.74 Å². The van der Waals surface area contributed by atoms with Crippen LogP contribution in [0.4, 0.5) is 0 Å². The molecule has 0 aliphatic heterocycles. The highest BCUT2D eigenvalue weighted by Crippen LogP contribution is 2.20. The monoisotopic (exact) mass is 289 g/mol. The summed E-state index contributed by atoms with van der Waals surface area (Å²) in [7, 11) is 1.75. The standard InChI is InChI=1S/C14H31N3OS/c1-6-15-13(17-12-14(2,3)19-5)16-10-8-7-9-11-18-4/h6-12H2,1-5H3,(H2,15,16,17). The summed E-state index contributed by atoms with van der Waals surface area (Å²) in [4.78, 5) is 4.64. The van der Waals surface area contributed by atoms with Gasteiger partial charge in [0.1, 0.15) is 0 Å². The summed E-state index contributed by atoms with van der Waals surface area (Å²) >= 11 is 1.85. The van der Waals surface area contributed by atoms with Crippen molar-refractivity contribution in [3.8, 4) is 0 Å². The first kappa shape index (κ1) is 18.6. The van der Waals surface area contributed by atoms with E-state index >= 15 is 0 Å². The fourth-order valence-corrected chi connectivity index (χ4v) is 1.62. The summed E-state index contributed by atoms with van der Waals surface area (Å²) in [6.07, 6.45) is 5.60. The first-order valence-electron chi connectivity index (χ1n) is 7.12. The van der Waals surface area contributed by atoms with Crippen LogP contribution in [0.2, 0.25) is 0 Å². The average Bonchev–Trinajstić information content (AvgIpc) is 2.40. The van der Waals surface area contributed by atoms with E-state index in [0.29, 0.717) is 0 Å². The van der Waals surface area contributed by atoms with Gasteiger partial charge in [-0.05, 0) is 46.3 Å². The molecule has 2 N–H and O–H groups in total. The number of nitrogens with zero attached hydrogens (tertiary/aromatic N) is 1. The zero-order chi connectivity index (χ0) is 14.6. The van der Waals surface area contributed by atoms with Gasteiger partial charge in [0, 0.05) is 31.6 Å². The molecular weight excluding hydrogens is 258 g/mol. The van der Waals surface area contributed by atoms with Gasteiger partial charge in [-0.1, -0.05) is 0 Å². The molecule has 0 aromatic rings. The van der Waals surface area contributed by atoms with E-state index in [9.17, 15) is 0 Å². The molecular formula is C14H31N3OS. The number of aliphatic imine (C=N–C) groups is 1. The van der Waals surface area contributed by atoms with Gasteiger partial charge in [0.15, 0.2) is 5.96 Å². The molecule has 0 aliphatic carbocycles. The van der Waals surface area contributed by atoms with Gasteiger partial charge < -0.3 is 15.4 Å². The number of rotatable bonds is 10. The molecule has 0 aliphatic rings. The predicted octanol–water partition coefficient (Wildman–Crippen LogP) is 2.50. The molecule has 19 heavy (non-hydrogen) atoms. The summed E-state index contributed by atoms with van der Waals surface area (Å²) in [6, 6.07) is 0. The maximum absolute atomic E-state index is 5.04. The zero-order valence-electron chi connectivity index (χ0n) is 13.2. The number of hydrogen-bond acceptors (Lipinski definition) is 3. The van der Waals surface area contributed by atoms with Crippen molar-refractivity contribution in [3.05, 3.63) is 0 Å². The first-order chi connectivity index (χ1) is 9.05. The molecule has 114 valence electrons. The zero-order valence-corrected chi connectivity index (χ0v) is 14.0. The Morgan fingerprint density at radius 2 is 1.95 bits per heavy atom. The second-order valence-corrected chi connectivity index (χ2v) is 6.65. The summed E-state index contributed by atoms with van der Waals surface area (Å²) in [5, 5.41) is 6.67. The fraction of sp³-hybridized carbons (Fsp3) is 0.929. The van der Waals surface area contributed by atoms with Crippen molar-refractivity contribution in [3.63, 3.8) is 0 Å². The van der Waals surface area contributed by atoms with Crippen molar-refractivity contribution in [2.24, 2.45) is 4.99 Å². The second kappa shape index (κ2) is 11.4. The largest absolute Gasteiger partial charge is 0.385 e. The van der Waals surface area contributed by atoms with Crippen molar-refractivity contribution < 1.29 is 4.74 Å². The van der Waals surface area contributed by atoms with Crippen LogP contribution < -0.4 is 10.6 Å². The van der Waals surface area contributed by atoms with E-state index in [-0.39, 0.29) is 4.75 Å². The van der Waals surface area contributed by atoms with E-state index in [1.807, 2.05) is 11.8 Å². The highest BCUT2D eigenvalue weighted by Gasteiger charge is 2.15. The Hall–Kier alpha value is -0.420. The third kappa shape index (κ3) is 11.1. The minimum Gasteiger partial charge on any atom is -0.385 e. The van der Waals surface area contributed by atoms with Gasteiger partial charge in [-0.25, -0.2) is 0 Å². The Labute approximate surface area is 123 Å². The van der Waals surface area contributed by atoms with Crippen LogP contribution >= 0.6 is 11.8 Å². The van der Waals surface area contributed by atoms with E-state index in [1.165, 1.54) is 6.42 Å². The van der Waals surface area contributed by atoms with Crippen LogP contribution in [0.15, 0.2) is 4.99 Å². The first-order valence-corrected chi connectivity index (χ1v) is 8.34. The van der Waals surface area contributed by atoms with Crippen molar-refractivity contribution in [1.29, 1.82) is 0 Å². The topological polar surface area (TPSA) is 45.7 Å². The lowest BCUT2D eigenvalue weighted by Gasteiger charge is -2.20. The average molecular weight is 289 g/mol. The Kier molecular flexibility index (Phi) is 11.2. The Balaban J connectivity index is 3.94. The van der Waals surface area contributed by atoms with Gasteiger partial charge in [-0.2, -0.15) is 11.8 Å². The molecule has 0 unspecified atom stereocenters. The number of nitrogens with one attached hydrogen (secondary N) is 2. The quantitative estimate of drug-likeness (QED) is 0.368. The number of unbranched alkanes of at least 4 members (excludes halogenated alkanes) is 2. The Morgan fingerprint density at radius 3 is 2.53 bits per heavy atom. The second-order valence-electron chi connectivity index (χ2n) is 5.14. The van der Waals surface area contributed by atoms with E-state index in [0.717, 1.165) is 45.0 Å². The van der Waals surface area contributed by atoms with Crippen molar-refractivity contribution in [2.75, 3.05) is 39.6 Å². The molecule has 4 nitrogen and oxygen atoms in total. The summed E-state index contributed by atoms with van der Waals surface area (Å²) < 4.78 is 5.23. The minimum atomic E-state index is 0.195. The maximum atomic E-state index is 5.04. The molecule has 0 saturated carbocycles. The SMILES string of the molecule is CCNC(=NCC(C)(C)SC)NCCCCCOC. The molecule has 0 atom stereocenters. The van der Waals surface area contributed by atoms with E-state index in [4.69, 9.17) is 4.74 Å². The van der Waals surface area contributed by atoms with Gasteiger partial charge >= 0.3 is 0 Å². The van der Waals surface area contributed by atoms with Gasteiger partial charge in [0.25, 0.3) is 0 Å². The van der Waals surface area contributed by atoms with Crippen LogP contribution in [0.1, 0.15) is 40.0 Å². The summed E-state index contributed by atoms with van der Waals surface area (Å²) in [5.74, 6) is 0.927. The van der Waals surface area contributed by atoms with Crippen LogP contribution in [0.25, 0.3) is 0 Å². The van der Waals surface area contributed by atoms with Gasteiger partial charge in [0.05, 0.1) is 6.54 Å². The van der Waals surface area contributed by atoms with Crippen LogP contribution in [0.3, 0.4) is 0 Å². The Morgan fingerprint density at radius 1 is 1.21 bits per heavy atom. The Bertz CT molecular complexity index is 245. The number of thioether (sulfide) groups is 1. The van der Waals surface area contributed by atoms with Crippen molar-refractivity contribution in [2.45, 2.75) is 44.8 Å². The molecule has 0 amide bonds. The molecule has 0 aromatic heterocycles. The minimum absolute atomic E-state index is 0.195. The number of methoxy groups -OCH3 is 1. The van der Waals surface area contributed by atoms with Gasteiger partial charge in [0.2, 0.25) is 0 Å².